The Morgan fingerprint density at radius 3 is 2.36 bits per heavy atom. The predicted octanol–water partition coefficient (Wildman–Crippen LogP) is 4.70. The first-order chi connectivity index (χ1) is 12.1. The highest BCUT2D eigenvalue weighted by Crippen LogP contribution is 2.33. The number of ether oxygens (including phenoxy) is 1. The Kier molecular flexibility index (Phi) is 5.09. The molecule has 25 heavy (non-hydrogen) atoms. The fraction of sp³-hybridized carbons (Fsp3) is 0.0952. The Morgan fingerprint density at radius 1 is 0.880 bits per heavy atom. The van der Waals surface area contributed by atoms with Crippen LogP contribution in [0.25, 0.3) is 11.1 Å². The maximum atomic E-state index is 14.3. The number of hydrogen-bond donors (Lipinski definition) is 1. The summed E-state index contributed by atoms with van der Waals surface area (Å²) in [5, 5.41) is 8.94. The van der Waals surface area contributed by atoms with Crippen LogP contribution in [0.5, 0.6) is 5.75 Å². The molecule has 0 saturated carbocycles. The lowest BCUT2D eigenvalue weighted by Gasteiger charge is -2.13. The summed E-state index contributed by atoms with van der Waals surface area (Å²) in [6.45, 7) is 0.369. The SMILES string of the molecule is O=C(O)Cc1ccc(F)c(-c2ccccc2OCc2ccccc2)c1. The molecule has 0 atom stereocenters. The van der Waals surface area contributed by atoms with Gasteiger partial charge in [0.25, 0.3) is 0 Å². The van der Waals surface area contributed by atoms with Gasteiger partial charge in [0, 0.05) is 11.1 Å². The van der Waals surface area contributed by atoms with Gasteiger partial charge in [0.2, 0.25) is 0 Å². The van der Waals surface area contributed by atoms with E-state index in [1.165, 1.54) is 12.1 Å². The highest BCUT2D eigenvalue weighted by Gasteiger charge is 2.13. The van der Waals surface area contributed by atoms with Crippen molar-refractivity contribution in [3.63, 3.8) is 0 Å². The molecule has 0 aliphatic heterocycles. The fourth-order valence-corrected chi connectivity index (χ4v) is 2.61. The standard InChI is InChI=1S/C21H17FO3/c22-19-11-10-16(13-21(23)24)12-18(19)17-8-4-5-9-20(17)25-14-15-6-2-1-3-7-15/h1-12H,13-14H2,(H,23,24). The molecule has 0 aliphatic rings. The first kappa shape index (κ1) is 16.7. The number of para-hydroxylation sites is 1. The first-order valence-electron chi connectivity index (χ1n) is 7.90. The van der Waals surface area contributed by atoms with E-state index in [0.29, 0.717) is 29.0 Å². The maximum Gasteiger partial charge on any atom is 0.307 e. The van der Waals surface area contributed by atoms with Crippen molar-refractivity contribution in [2.24, 2.45) is 0 Å². The van der Waals surface area contributed by atoms with Crippen molar-refractivity contribution in [3.05, 3.63) is 89.7 Å². The third-order valence-corrected chi connectivity index (χ3v) is 3.80. The van der Waals surface area contributed by atoms with Crippen LogP contribution in [-0.2, 0) is 17.8 Å². The van der Waals surface area contributed by atoms with Gasteiger partial charge < -0.3 is 9.84 Å². The molecular weight excluding hydrogens is 319 g/mol. The van der Waals surface area contributed by atoms with Crippen LogP contribution in [0.1, 0.15) is 11.1 Å². The van der Waals surface area contributed by atoms with Crippen LogP contribution in [0.4, 0.5) is 4.39 Å². The topological polar surface area (TPSA) is 46.5 Å². The smallest absolute Gasteiger partial charge is 0.307 e. The summed E-state index contributed by atoms with van der Waals surface area (Å²) >= 11 is 0. The van der Waals surface area contributed by atoms with Gasteiger partial charge in [-0.2, -0.15) is 0 Å². The van der Waals surface area contributed by atoms with Crippen LogP contribution in [-0.4, -0.2) is 11.1 Å². The van der Waals surface area contributed by atoms with Gasteiger partial charge in [-0.1, -0.05) is 54.6 Å². The average Bonchev–Trinajstić information content (AvgIpc) is 2.62. The summed E-state index contributed by atoms with van der Waals surface area (Å²) in [6, 6.07) is 21.2. The summed E-state index contributed by atoms with van der Waals surface area (Å²) in [4.78, 5) is 10.9. The molecule has 0 bridgehead atoms. The second kappa shape index (κ2) is 7.62. The van der Waals surface area contributed by atoms with E-state index in [9.17, 15) is 9.18 Å². The molecule has 4 heteroatoms. The monoisotopic (exact) mass is 336 g/mol. The number of benzene rings is 3. The molecule has 3 nitrogen and oxygen atoms in total. The van der Waals surface area contributed by atoms with Crippen molar-refractivity contribution in [1.29, 1.82) is 0 Å². The normalized spacial score (nSPS) is 10.4. The van der Waals surface area contributed by atoms with Crippen LogP contribution in [0.3, 0.4) is 0 Å². The summed E-state index contributed by atoms with van der Waals surface area (Å²) in [6.07, 6.45) is -0.152. The minimum atomic E-state index is -0.953. The van der Waals surface area contributed by atoms with Crippen LogP contribution < -0.4 is 4.74 Å². The zero-order chi connectivity index (χ0) is 17.6. The zero-order valence-electron chi connectivity index (χ0n) is 13.5. The Bertz CT molecular complexity index is 875. The van der Waals surface area contributed by atoms with Crippen LogP contribution in [0, 0.1) is 5.82 Å². The Balaban J connectivity index is 1.91. The molecule has 3 aromatic carbocycles. The Morgan fingerprint density at radius 2 is 1.60 bits per heavy atom. The summed E-state index contributed by atoms with van der Waals surface area (Å²) in [7, 11) is 0. The number of hydrogen-bond acceptors (Lipinski definition) is 2. The highest BCUT2D eigenvalue weighted by atomic mass is 19.1. The number of carboxylic acid groups (broad SMARTS) is 1. The highest BCUT2D eigenvalue weighted by molar-refractivity contribution is 5.74. The van der Waals surface area contributed by atoms with Gasteiger partial charge in [-0.05, 0) is 29.3 Å². The van der Waals surface area contributed by atoms with Gasteiger partial charge >= 0.3 is 5.97 Å². The van der Waals surface area contributed by atoms with Crippen molar-refractivity contribution in [1.82, 2.24) is 0 Å². The number of carbonyl (C=O) groups is 1. The van der Waals surface area contributed by atoms with Crippen molar-refractivity contribution in [2.45, 2.75) is 13.0 Å². The van der Waals surface area contributed by atoms with Crippen molar-refractivity contribution in [3.8, 4) is 16.9 Å². The fourth-order valence-electron chi connectivity index (χ4n) is 2.61. The van der Waals surface area contributed by atoms with E-state index in [1.54, 1.807) is 24.3 Å². The number of carboxylic acids is 1. The minimum absolute atomic E-state index is 0.152. The van der Waals surface area contributed by atoms with E-state index in [4.69, 9.17) is 9.84 Å². The van der Waals surface area contributed by atoms with E-state index in [2.05, 4.69) is 0 Å². The third-order valence-electron chi connectivity index (χ3n) is 3.80. The van der Waals surface area contributed by atoms with E-state index in [0.717, 1.165) is 5.56 Å². The van der Waals surface area contributed by atoms with E-state index >= 15 is 0 Å². The van der Waals surface area contributed by atoms with Gasteiger partial charge in [-0.15, -0.1) is 0 Å². The Hall–Kier alpha value is -3.14. The lowest BCUT2D eigenvalue weighted by molar-refractivity contribution is -0.136. The van der Waals surface area contributed by atoms with E-state index in [1.807, 2.05) is 36.4 Å². The number of rotatable bonds is 6. The molecule has 0 aromatic heterocycles. The molecule has 0 saturated heterocycles. The number of aliphatic carboxylic acids is 1. The summed E-state index contributed by atoms with van der Waals surface area (Å²) in [5.74, 6) is -0.811. The molecule has 0 spiro atoms. The van der Waals surface area contributed by atoms with Gasteiger partial charge in [-0.25, -0.2) is 4.39 Å². The second-order valence-electron chi connectivity index (χ2n) is 5.66. The molecule has 3 rings (SSSR count). The Labute approximate surface area is 145 Å². The number of halogens is 1. The molecule has 126 valence electrons. The van der Waals surface area contributed by atoms with Gasteiger partial charge in [0.05, 0.1) is 6.42 Å². The lowest BCUT2D eigenvalue weighted by atomic mass is 10.00. The third kappa shape index (κ3) is 4.23. The molecule has 0 heterocycles. The second-order valence-corrected chi connectivity index (χ2v) is 5.66. The first-order valence-corrected chi connectivity index (χ1v) is 7.90. The maximum absolute atomic E-state index is 14.3. The lowest BCUT2D eigenvalue weighted by Crippen LogP contribution is -2.01. The average molecular weight is 336 g/mol. The molecule has 0 amide bonds. The summed E-state index contributed by atoms with van der Waals surface area (Å²) < 4.78 is 20.2. The van der Waals surface area contributed by atoms with Crippen LogP contribution in [0.15, 0.2) is 72.8 Å². The van der Waals surface area contributed by atoms with Gasteiger partial charge in [0.15, 0.2) is 0 Å². The van der Waals surface area contributed by atoms with Crippen LogP contribution in [0.2, 0.25) is 0 Å². The van der Waals surface area contributed by atoms with Crippen LogP contribution >= 0.6 is 0 Å². The molecule has 0 aliphatic carbocycles. The van der Waals surface area contributed by atoms with Crippen molar-refractivity contribution in [2.75, 3.05) is 0 Å². The molecule has 0 radical (unpaired) electrons. The van der Waals surface area contributed by atoms with Crippen molar-refractivity contribution < 1.29 is 19.0 Å². The predicted molar refractivity (Wildman–Crippen MR) is 93.9 cm³/mol. The largest absolute Gasteiger partial charge is 0.488 e. The quantitative estimate of drug-likeness (QED) is 0.710. The molecular formula is C21H17FO3. The molecule has 1 N–H and O–H groups in total. The minimum Gasteiger partial charge on any atom is -0.488 e. The zero-order valence-corrected chi connectivity index (χ0v) is 13.5. The van der Waals surface area contributed by atoms with E-state index < -0.39 is 11.8 Å². The van der Waals surface area contributed by atoms with Gasteiger partial charge in [-0.3, -0.25) is 4.79 Å². The molecule has 0 fully saturated rings. The molecule has 3 aromatic rings. The van der Waals surface area contributed by atoms with E-state index in [-0.39, 0.29) is 6.42 Å². The summed E-state index contributed by atoms with van der Waals surface area (Å²) in [5.41, 5.74) is 2.49. The molecule has 0 unspecified atom stereocenters. The van der Waals surface area contributed by atoms with Crippen molar-refractivity contribution >= 4 is 5.97 Å². The van der Waals surface area contributed by atoms with Gasteiger partial charge in [0.1, 0.15) is 18.2 Å².